The van der Waals surface area contributed by atoms with E-state index in [0.717, 1.165) is 11.3 Å². The van der Waals surface area contributed by atoms with Crippen molar-refractivity contribution in [1.29, 1.82) is 0 Å². The van der Waals surface area contributed by atoms with Crippen molar-refractivity contribution in [3.63, 3.8) is 0 Å². The minimum absolute atomic E-state index is 0.0798. The van der Waals surface area contributed by atoms with Gasteiger partial charge >= 0.3 is 11.9 Å². The molecule has 0 fully saturated rings. The van der Waals surface area contributed by atoms with Crippen LogP contribution >= 0.6 is 22.9 Å². The molecule has 2 heterocycles. The van der Waals surface area contributed by atoms with Gasteiger partial charge in [0.1, 0.15) is 11.5 Å². The zero-order valence-corrected chi connectivity index (χ0v) is 19.4. The first-order chi connectivity index (χ1) is 15.2. The molecule has 0 bridgehead atoms. The molecule has 13 heteroatoms. The van der Waals surface area contributed by atoms with Crippen LogP contribution in [0.2, 0.25) is 5.15 Å². The number of halogens is 1. The third-order valence-corrected chi connectivity index (χ3v) is 5.46. The maximum Gasteiger partial charge on any atom is 0.341 e. The van der Waals surface area contributed by atoms with E-state index >= 15 is 0 Å². The highest BCUT2D eigenvalue weighted by molar-refractivity contribution is 7.18. The summed E-state index contributed by atoms with van der Waals surface area (Å²) in [5, 5.41) is 12.9. The lowest BCUT2D eigenvalue weighted by Gasteiger charge is -2.16. The van der Waals surface area contributed by atoms with Crippen LogP contribution < -0.4 is 15.5 Å². The number of rotatable bonds is 9. The molecule has 0 spiro atoms. The van der Waals surface area contributed by atoms with E-state index in [1.54, 1.807) is 27.0 Å². The van der Waals surface area contributed by atoms with Gasteiger partial charge in [-0.3, -0.25) is 14.4 Å². The first kappa shape index (κ1) is 25.0. The molecule has 2 N–H and O–H groups in total. The lowest BCUT2D eigenvalue weighted by Crippen LogP contribution is -2.30. The average Bonchev–Trinajstić information content (AvgIpc) is 3.08. The minimum Gasteiger partial charge on any atom is -0.462 e. The van der Waals surface area contributed by atoms with Crippen molar-refractivity contribution < 1.29 is 28.7 Å². The van der Waals surface area contributed by atoms with E-state index in [1.165, 1.54) is 18.0 Å². The minimum atomic E-state index is -0.682. The Morgan fingerprint density at radius 2 is 1.91 bits per heavy atom. The Morgan fingerprint density at radius 1 is 1.19 bits per heavy atom. The molecule has 0 unspecified atom stereocenters. The number of esters is 2. The fourth-order valence-corrected chi connectivity index (χ4v) is 3.78. The van der Waals surface area contributed by atoms with Gasteiger partial charge in [0.15, 0.2) is 17.6 Å². The van der Waals surface area contributed by atoms with E-state index in [2.05, 4.69) is 20.8 Å². The number of nitrogens with zero attached hydrogens (tertiary/aromatic N) is 3. The van der Waals surface area contributed by atoms with Crippen LogP contribution in [0.1, 0.15) is 32.5 Å². The molecule has 32 heavy (non-hydrogen) atoms. The highest BCUT2D eigenvalue weighted by Crippen LogP contribution is 2.33. The quantitative estimate of drug-likeness (QED) is 0.509. The van der Waals surface area contributed by atoms with Crippen LogP contribution in [0.5, 0.6) is 0 Å². The molecule has 0 radical (unpaired) electrons. The Bertz CT molecular complexity index is 1010. The second kappa shape index (κ2) is 11.4. The summed E-state index contributed by atoms with van der Waals surface area (Å²) >= 11 is 6.60. The normalized spacial score (nSPS) is 10.3. The summed E-state index contributed by atoms with van der Waals surface area (Å²) in [7, 11) is 3.05. The van der Waals surface area contributed by atoms with Crippen molar-refractivity contribution in [2.75, 3.05) is 44.1 Å². The van der Waals surface area contributed by atoms with Crippen LogP contribution in [0, 0.1) is 6.92 Å². The van der Waals surface area contributed by atoms with E-state index in [9.17, 15) is 19.2 Å². The van der Waals surface area contributed by atoms with E-state index in [1.807, 2.05) is 0 Å². The van der Waals surface area contributed by atoms with Crippen molar-refractivity contribution in [2.24, 2.45) is 0 Å². The predicted octanol–water partition coefficient (Wildman–Crippen LogP) is 1.65. The summed E-state index contributed by atoms with van der Waals surface area (Å²) in [6.45, 7) is 2.58. The molecule has 0 aromatic carbocycles. The molecule has 0 aliphatic heterocycles. The molecule has 0 atom stereocenters. The average molecular weight is 484 g/mol. The Kier molecular flexibility index (Phi) is 8.91. The van der Waals surface area contributed by atoms with Crippen LogP contribution in [0.4, 0.5) is 10.8 Å². The molecule has 0 saturated carbocycles. The first-order valence-corrected chi connectivity index (χ1v) is 10.6. The van der Waals surface area contributed by atoms with Crippen LogP contribution in [-0.4, -0.2) is 67.8 Å². The van der Waals surface area contributed by atoms with E-state index in [0.29, 0.717) is 11.4 Å². The number of carbonyl (C=O) groups excluding carboxylic acids is 4. The number of hydrogen-bond acceptors (Lipinski definition) is 10. The molecule has 172 valence electrons. The largest absolute Gasteiger partial charge is 0.462 e. The number of likely N-dealkylation sites (N-methyl/N-ethyl adjacent to an activating group) is 1. The maximum atomic E-state index is 12.3. The van der Waals surface area contributed by atoms with E-state index in [4.69, 9.17) is 21.1 Å². The number of carbonyl (C=O) groups is 4. The first-order valence-electron chi connectivity index (χ1n) is 9.36. The number of hydrogen-bond donors (Lipinski definition) is 2. The van der Waals surface area contributed by atoms with Gasteiger partial charge in [0.25, 0.3) is 11.8 Å². The molecule has 2 aromatic rings. The molecule has 0 aliphatic carbocycles. The van der Waals surface area contributed by atoms with Gasteiger partial charge in [-0.1, -0.05) is 11.6 Å². The van der Waals surface area contributed by atoms with Gasteiger partial charge in [0, 0.05) is 14.1 Å². The van der Waals surface area contributed by atoms with E-state index < -0.39 is 30.4 Å². The second-order valence-corrected chi connectivity index (χ2v) is 7.75. The van der Waals surface area contributed by atoms with Gasteiger partial charge < -0.3 is 25.0 Å². The van der Waals surface area contributed by atoms with E-state index in [-0.39, 0.29) is 33.7 Å². The Morgan fingerprint density at radius 3 is 2.50 bits per heavy atom. The van der Waals surface area contributed by atoms with Gasteiger partial charge in [-0.2, -0.15) is 0 Å². The van der Waals surface area contributed by atoms with Crippen LogP contribution in [0.25, 0.3) is 0 Å². The van der Waals surface area contributed by atoms with Crippen LogP contribution in [-0.2, 0) is 19.1 Å². The molecular formula is C19H22ClN5O6S. The van der Waals surface area contributed by atoms with Crippen molar-refractivity contribution in [2.45, 2.75) is 13.8 Å². The summed E-state index contributed by atoms with van der Waals surface area (Å²) in [6, 6.07) is 3.10. The summed E-state index contributed by atoms with van der Waals surface area (Å²) in [4.78, 5) is 50.5. The SMILES string of the molecule is CCOC(=O)c1c(NC(=O)COC(=O)CN(C)c2ccc(Cl)nn2)sc(C(=O)NC)c1C. The zero-order valence-electron chi connectivity index (χ0n) is 17.9. The summed E-state index contributed by atoms with van der Waals surface area (Å²) in [5.41, 5.74) is 0.460. The van der Waals surface area contributed by atoms with Crippen molar-refractivity contribution in [3.8, 4) is 0 Å². The summed E-state index contributed by atoms with van der Waals surface area (Å²) < 4.78 is 10.0. The standard InChI is InChI=1S/C19H22ClN5O6S/c1-5-30-19(29)15-10(2)16(17(28)21-3)32-18(15)22-13(26)9-31-14(27)8-25(4)12-7-6-11(20)23-24-12/h6-7H,5,8-9H2,1-4H3,(H,21,28)(H,22,26). The Balaban J connectivity index is 2.02. The fourth-order valence-electron chi connectivity index (χ4n) is 2.52. The Hall–Kier alpha value is -3.25. The number of amides is 2. The highest BCUT2D eigenvalue weighted by Gasteiger charge is 2.26. The predicted molar refractivity (Wildman–Crippen MR) is 118 cm³/mol. The number of nitrogens with one attached hydrogen (secondary N) is 2. The van der Waals surface area contributed by atoms with Crippen molar-refractivity contribution in [1.82, 2.24) is 15.5 Å². The van der Waals surface area contributed by atoms with Gasteiger partial charge in [0.05, 0.1) is 17.0 Å². The number of anilines is 2. The maximum absolute atomic E-state index is 12.3. The van der Waals surface area contributed by atoms with Gasteiger partial charge in [-0.05, 0) is 31.5 Å². The van der Waals surface area contributed by atoms with Gasteiger partial charge in [-0.15, -0.1) is 21.5 Å². The second-order valence-electron chi connectivity index (χ2n) is 6.34. The summed E-state index contributed by atoms with van der Waals surface area (Å²) in [5.74, 6) is -2.04. The third kappa shape index (κ3) is 6.37. The Labute approximate surface area is 193 Å². The molecule has 2 rings (SSSR count). The number of ether oxygens (including phenoxy) is 2. The number of thiophene rings is 1. The topological polar surface area (TPSA) is 140 Å². The lowest BCUT2D eigenvalue weighted by molar-refractivity contribution is -0.145. The molecule has 2 amide bonds. The van der Waals surface area contributed by atoms with Crippen LogP contribution in [0.15, 0.2) is 12.1 Å². The monoisotopic (exact) mass is 483 g/mol. The zero-order chi connectivity index (χ0) is 23.8. The molecule has 2 aromatic heterocycles. The van der Waals surface area contributed by atoms with Crippen molar-refractivity contribution in [3.05, 3.63) is 33.3 Å². The third-order valence-electron chi connectivity index (χ3n) is 4.05. The molecular weight excluding hydrogens is 462 g/mol. The summed E-state index contributed by atoms with van der Waals surface area (Å²) in [6.07, 6.45) is 0. The molecule has 11 nitrogen and oxygen atoms in total. The van der Waals surface area contributed by atoms with Crippen molar-refractivity contribution >= 4 is 57.5 Å². The fraction of sp³-hybridized carbons (Fsp3) is 0.368. The number of aromatic nitrogens is 2. The van der Waals surface area contributed by atoms with Gasteiger partial charge in [0.2, 0.25) is 0 Å². The highest BCUT2D eigenvalue weighted by atomic mass is 35.5. The molecule has 0 saturated heterocycles. The smallest absolute Gasteiger partial charge is 0.341 e. The molecule has 0 aliphatic rings. The van der Waals surface area contributed by atoms with Gasteiger partial charge in [-0.25, -0.2) is 4.79 Å². The lowest BCUT2D eigenvalue weighted by atomic mass is 10.1. The van der Waals surface area contributed by atoms with Crippen LogP contribution in [0.3, 0.4) is 0 Å².